The van der Waals surface area contributed by atoms with E-state index in [0.717, 1.165) is 0 Å². The predicted octanol–water partition coefficient (Wildman–Crippen LogP) is 11.2. The number of carbonyl (C=O) groups is 6. The highest BCUT2D eigenvalue weighted by molar-refractivity contribution is 7.79. The van der Waals surface area contributed by atoms with E-state index in [1.807, 2.05) is 0 Å². The summed E-state index contributed by atoms with van der Waals surface area (Å²) >= 11 is 0. The zero-order valence-corrected chi connectivity index (χ0v) is 34.9. The Balaban J connectivity index is 1.57. The van der Waals surface area contributed by atoms with Crippen molar-refractivity contribution in [3.63, 3.8) is 0 Å². The third-order valence-electron chi connectivity index (χ3n) is 8.38. The molecule has 0 N–H and O–H groups in total. The molecule has 6 aromatic carbocycles. The van der Waals surface area contributed by atoms with Crippen LogP contribution in [0.1, 0.15) is 62.1 Å². The van der Waals surface area contributed by atoms with Crippen LogP contribution < -0.4 is 27.1 Å². The number of hydrogen-bond donors (Lipinski definition) is 0. The Bertz CT molecular complexity index is 2570. The monoisotopic (exact) mass is 891 g/mol. The molecule has 16 nitrogen and oxygen atoms in total. The van der Waals surface area contributed by atoms with E-state index in [1.54, 1.807) is 0 Å². The summed E-state index contributed by atoms with van der Waals surface area (Å²) in [7, 11) is -12.0. The molecule has 0 bridgehead atoms. The van der Waals surface area contributed by atoms with Crippen LogP contribution in [0.3, 0.4) is 0 Å². The Morgan fingerprint density at radius 2 is 0.548 bits per heavy atom. The van der Waals surface area contributed by atoms with Crippen LogP contribution in [0, 0.1) is 0 Å². The van der Waals surface area contributed by atoms with Crippen LogP contribution in [0.25, 0.3) is 0 Å². The van der Waals surface area contributed by atoms with Crippen molar-refractivity contribution < 1.29 is 60.6 Å². The van der Waals surface area contributed by atoms with E-state index in [1.165, 1.54) is 153 Å². The first-order valence-electron chi connectivity index (χ1n) is 18.1. The molecule has 1 atom stereocenters. The number of aldehydes is 5. The van der Waals surface area contributed by atoms with E-state index in [0.29, 0.717) is 59.2 Å². The molecular weight excluding hydrogens is 859 g/mol. The quantitative estimate of drug-likeness (QED) is 0.0448. The number of esters is 1. The van der Waals surface area contributed by atoms with E-state index in [9.17, 15) is 28.8 Å². The number of carbonyl (C=O) groups excluding carboxylic acids is 6. The molecule has 0 saturated carbocycles. The fraction of sp³-hybridized carbons (Fsp3) is 0.0233. The standard InChI is InChI=1S/C43H32N3O13P3/c1-53-43(52)36-12-24-42(25-13-36)59-62(58-41-22-10-35(30-51)11-23-41)45-60(54-37-14-2-31(26-47)3-15-37,55-38-16-4-32(27-48)5-17-38)44-61(46-62,56-39-18-6-33(28-49)7-19-39)57-40-20-8-34(29-50)9-21-40/h2-30H,1H3. The minimum absolute atomic E-state index is 0.0810. The molecule has 7 rings (SSSR count). The lowest BCUT2D eigenvalue weighted by molar-refractivity contribution is 0.0600. The second-order valence-corrected chi connectivity index (χ2v) is 18.9. The summed E-state index contributed by atoms with van der Waals surface area (Å²) < 4.78 is 60.1. The van der Waals surface area contributed by atoms with Gasteiger partial charge in [-0.15, -0.1) is 0 Å². The molecule has 1 heterocycles. The van der Waals surface area contributed by atoms with Gasteiger partial charge in [0, 0.05) is 27.8 Å². The molecule has 0 aromatic heterocycles. The number of methoxy groups -OCH3 is 1. The van der Waals surface area contributed by atoms with Crippen molar-refractivity contribution in [2.75, 3.05) is 7.11 Å². The van der Waals surface area contributed by atoms with Gasteiger partial charge in [0.15, 0.2) is 0 Å². The molecular formula is C43H32N3O13P3. The molecule has 62 heavy (non-hydrogen) atoms. The van der Waals surface area contributed by atoms with Crippen LogP contribution in [0.2, 0.25) is 0 Å². The second kappa shape index (κ2) is 18.9. The molecule has 312 valence electrons. The molecule has 0 saturated heterocycles. The summed E-state index contributed by atoms with van der Waals surface area (Å²) in [6, 6.07) is 35.7. The minimum atomic E-state index is -4.43. The molecule has 1 aliphatic heterocycles. The van der Waals surface area contributed by atoms with Crippen LogP contribution >= 0.6 is 23.0 Å². The Hall–Kier alpha value is -7.37. The van der Waals surface area contributed by atoms with Gasteiger partial charge in [-0.1, -0.05) is 13.5 Å². The third-order valence-corrected chi connectivity index (χ3v) is 16.5. The van der Waals surface area contributed by atoms with E-state index in [-0.39, 0.29) is 40.1 Å². The van der Waals surface area contributed by atoms with Gasteiger partial charge in [0.25, 0.3) is 0 Å². The molecule has 1 unspecified atom stereocenters. The number of nitrogens with zero attached hydrogens (tertiary/aromatic N) is 3. The predicted molar refractivity (Wildman–Crippen MR) is 229 cm³/mol. The first-order chi connectivity index (χ1) is 30.1. The average Bonchev–Trinajstić information content (AvgIpc) is 3.30. The summed E-state index contributed by atoms with van der Waals surface area (Å²) in [5.74, 6) is 0.0312. The zero-order chi connectivity index (χ0) is 43.6. The van der Waals surface area contributed by atoms with Crippen LogP contribution in [-0.2, 0) is 4.74 Å². The van der Waals surface area contributed by atoms with Crippen molar-refractivity contribution in [3.8, 4) is 34.5 Å². The first-order valence-corrected chi connectivity index (χ1v) is 22.7. The van der Waals surface area contributed by atoms with Crippen molar-refractivity contribution in [2.45, 2.75) is 0 Å². The highest BCUT2D eigenvalue weighted by Gasteiger charge is 2.49. The number of ether oxygens (including phenoxy) is 1. The minimum Gasteiger partial charge on any atom is -0.465 e. The molecule has 0 amide bonds. The van der Waals surface area contributed by atoms with Gasteiger partial charge < -0.3 is 31.9 Å². The van der Waals surface area contributed by atoms with Gasteiger partial charge in [-0.25, -0.2) is 4.79 Å². The van der Waals surface area contributed by atoms with Crippen molar-refractivity contribution in [3.05, 3.63) is 179 Å². The lowest BCUT2D eigenvalue weighted by Crippen LogP contribution is -2.11. The molecule has 6 aromatic rings. The SMILES string of the molecule is COC(=O)c1ccc(OP2(Oc3ccc(C=O)cc3)=NP(Oc3ccc(C=O)cc3)(Oc3ccc(C=O)cc3)=NP(Oc3ccc(C=O)cc3)(Oc3ccc(C=O)cc3)=N2)cc1. The van der Waals surface area contributed by atoms with Crippen molar-refractivity contribution in [2.24, 2.45) is 13.5 Å². The highest BCUT2D eigenvalue weighted by Crippen LogP contribution is 2.78. The van der Waals surface area contributed by atoms with Crippen LogP contribution in [0.15, 0.2) is 159 Å². The van der Waals surface area contributed by atoms with E-state index in [4.69, 9.17) is 45.4 Å². The summed E-state index contributed by atoms with van der Waals surface area (Å²) in [5.41, 5.74) is 1.84. The van der Waals surface area contributed by atoms with Crippen LogP contribution in [-0.4, -0.2) is 44.5 Å². The zero-order valence-electron chi connectivity index (χ0n) is 32.2. The smallest absolute Gasteiger partial charge is 0.460 e. The van der Waals surface area contributed by atoms with Crippen molar-refractivity contribution >= 4 is 60.4 Å². The Morgan fingerprint density at radius 1 is 0.355 bits per heavy atom. The molecule has 0 spiro atoms. The Kier molecular flexibility index (Phi) is 13.0. The highest BCUT2D eigenvalue weighted by atomic mass is 31.3. The maximum atomic E-state index is 12.4. The third kappa shape index (κ3) is 10.3. The van der Waals surface area contributed by atoms with Gasteiger partial charge in [-0.05, 0) is 146 Å². The second-order valence-electron chi connectivity index (χ2n) is 12.7. The largest absolute Gasteiger partial charge is 0.465 e. The molecule has 0 fully saturated rings. The summed E-state index contributed by atoms with van der Waals surface area (Å²) in [6.07, 6.45) is 3.25. The Labute approximate surface area is 354 Å². The van der Waals surface area contributed by atoms with E-state index < -0.39 is 28.9 Å². The van der Waals surface area contributed by atoms with Gasteiger partial charge in [0.1, 0.15) is 65.9 Å². The summed E-state index contributed by atoms with van der Waals surface area (Å²) in [4.78, 5) is 70.7. The Morgan fingerprint density at radius 3 is 0.726 bits per heavy atom. The maximum absolute atomic E-state index is 12.4. The van der Waals surface area contributed by atoms with Crippen LogP contribution in [0.5, 0.6) is 34.5 Å². The normalized spacial score (nSPS) is 15.6. The van der Waals surface area contributed by atoms with Gasteiger partial charge in [-0.3, -0.25) is 24.0 Å². The molecule has 0 radical (unpaired) electrons. The molecule has 0 aliphatic carbocycles. The number of benzene rings is 6. The van der Waals surface area contributed by atoms with Gasteiger partial charge in [0.2, 0.25) is 0 Å². The van der Waals surface area contributed by atoms with E-state index >= 15 is 0 Å². The van der Waals surface area contributed by atoms with Crippen molar-refractivity contribution in [1.29, 1.82) is 0 Å². The van der Waals surface area contributed by atoms with Crippen LogP contribution in [0.4, 0.5) is 0 Å². The van der Waals surface area contributed by atoms with E-state index in [2.05, 4.69) is 0 Å². The molecule has 1 aliphatic rings. The fourth-order valence-corrected chi connectivity index (χ4v) is 14.5. The number of hydrogen-bond acceptors (Lipinski definition) is 16. The average molecular weight is 892 g/mol. The fourth-order valence-electron chi connectivity index (χ4n) is 5.39. The number of rotatable bonds is 18. The van der Waals surface area contributed by atoms with Gasteiger partial charge in [0.05, 0.1) is 12.7 Å². The lowest BCUT2D eigenvalue weighted by atomic mass is 10.2. The van der Waals surface area contributed by atoms with Gasteiger partial charge in [-0.2, -0.15) is 0 Å². The van der Waals surface area contributed by atoms with Gasteiger partial charge >= 0.3 is 28.9 Å². The molecule has 19 heteroatoms. The maximum Gasteiger partial charge on any atom is 0.460 e. The first kappa shape index (κ1) is 42.7. The summed E-state index contributed by atoms with van der Waals surface area (Å²) in [5, 5.41) is 0. The van der Waals surface area contributed by atoms with Crippen molar-refractivity contribution in [1.82, 2.24) is 0 Å². The summed E-state index contributed by atoms with van der Waals surface area (Å²) in [6.45, 7) is 0. The topological polar surface area (TPSA) is 204 Å². The lowest BCUT2D eigenvalue weighted by Gasteiger charge is -2.33.